The second-order valence-electron chi connectivity index (χ2n) is 6.29. The summed E-state index contributed by atoms with van der Waals surface area (Å²) >= 11 is 1.49. The molecule has 1 amide bonds. The van der Waals surface area contributed by atoms with Crippen LogP contribution in [-0.2, 0) is 14.3 Å². The van der Waals surface area contributed by atoms with E-state index in [2.05, 4.69) is 0 Å². The lowest BCUT2D eigenvalue weighted by Crippen LogP contribution is -2.37. The molecule has 124 valence electrons. The number of aliphatic hydroxyl groups is 1. The van der Waals surface area contributed by atoms with Gasteiger partial charge in [0.1, 0.15) is 0 Å². The van der Waals surface area contributed by atoms with E-state index < -0.39 is 17.7 Å². The molecule has 0 spiro atoms. The summed E-state index contributed by atoms with van der Waals surface area (Å²) in [4.78, 5) is 27.6. The van der Waals surface area contributed by atoms with Crippen LogP contribution in [0.3, 0.4) is 0 Å². The largest absolute Gasteiger partial charge is 0.503 e. The van der Waals surface area contributed by atoms with E-state index in [0.717, 1.165) is 17.7 Å². The van der Waals surface area contributed by atoms with Gasteiger partial charge >= 0.3 is 0 Å². The molecule has 5 nitrogen and oxygen atoms in total. The molecule has 0 saturated carbocycles. The fourth-order valence-corrected chi connectivity index (χ4v) is 4.00. The van der Waals surface area contributed by atoms with E-state index in [1.54, 1.807) is 18.7 Å². The number of Topliss-reactive ketones (excluding diaryl/α,β-unsaturated/α-hetero) is 1. The molecule has 23 heavy (non-hydrogen) atoms. The van der Waals surface area contributed by atoms with E-state index in [1.165, 1.54) is 11.3 Å². The highest BCUT2D eigenvalue weighted by Gasteiger charge is 2.45. The molecule has 0 bridgehead atoms. The van der Waals surface area contributed by atoms with E-state index in [9.17, 15) is 14.7 Å². The highest BCUT2D eigenvalue weighted by atomic mass is 32.1. The predicted molar refractivity (Wildman–Crippen MR) is 87.2 cm³/mol. The molecule has 2 unspecified atom stereocenters. The number of rotatable bonds is 5. The molecule has 1 fully saturated rings. The minimum Gasteiger partial charge on any atom is -0.503 e. The Morgan fingerprint density at radius 2 is 2.30 bits per heavy atom. The second kappa shape index (κ2) is 6.45. The Bertz CT molecular complexity index is 629. The van der Waals surface area contributed by atoms with Crippen LogP contribution in [0, 0.1) is 5.92 Å². The van der Waals surface area contributed by atoms with Crippen LogP contribution >= 0.6 is 11.3 Å². The van der Waals surface area contributed by atoms with Crippen LogP contribution in [0.5, 0.6) is 0 Å². The minimum atomic E-state index is -0.499. The van der Waals surface area contributed by atoms with Crippen molar-refractivity contribution >= 4 is 23.0 Å². The lowest BCUT2D eigenvalue weighted by molar-refractivity contribution is -0.131. The van der Waals surface area contributed by atoms with Gasteiger partial charge in [-0.15, -0.1) is 11.3 Å². The Morgan fingerprint density at radius 1 is 1.52 bits per heavy atom. The molecule has 2 aliphatic rings. The maximum absolute atomic E-state index is 12.6. The fraction of sp³-hybridized carbons (Fsp3) is 0.529. The molecule has 0 aliphatic carbocycles. The molecule has 0 aromatic carbocycles. The van der Waals surface area contributed by atoms with Crippen molar-refractivity contribution in [1.29, 1.82) is 0 Å². The second-order valence-corrected chi connectivity index (χ2v) is 7.27. The van der Waals surface area contributed by atoms with Crippen molar-refractivity contribution in [2.24, 2.45) is 5.92 Å². The standard InChI is InChI=1S/C17H21NO4S/c1-10(2)15(19)13-14(12-6-4-8-23-12)18(17(21)16(13)20)9-11-5-3-7-22-11/h4,6,8,10-11,14,20H,3,5,7,9H2,1-2H3. The molecule has 2 atom stereocenters. The third-order valence-electron chi connectivity index (χ3n) is 4.33. The third-order valence-corrected chi connectivity index (χ3v) is 5.26. The van der Waals surface area contributed by atoms with Crippen molar-refractivity contribution in [3.63, 3.8) is 0 Å². The number of hydrogen-bond acceptors (Lipinski definition) is 5. The molecule has 6 heteroatoms. The first-order chi connectivity index (χ1) is 11.0. The van der Waals surface area contributed by atoms with E-state index >= 15 is 0 Å². The molecule has 3 heterocycles. The monoisotopic (exact) mass is 335 g/mol. The summed E-state index contributed by atoms with van der Waals surface area (Å²) in [6.45, 7) is 4.66. The van der Waals surface area contributed by atoms with Crippen LogP contribution in [0.15, 0.2) is 28.8 Å². The first-order valence-electron chi connectivity index (χ1n) is 7.94. The topological polar surface area (TPSA) is 66.8 Å². The lowest BCUT2D eigenvalue weighted by Gasteiger charge is -2.28. The highest BCUT2D eigenvalue weighted by molar-refractivity contribution is 7.10. The fourth-order valence-electron chi connectivity index (χ4n) is 3.16. The number of amides is 1. The van der Waals surface area contributed by atoms with Gasteiger partial charge in [0.05, 0.1) is 17.7 Å². The molecule has 3 rings (SSSR count). The molecule has 1 saturated heterocycles. The highest BCUT2D eigenvalue weighted by Crippen LogP contribution is 2.41. The number of aliphatic hydroxyl groups excluding tert-OH is 1. The van der Waals surface area contributed by atoms with Gasteiger partial charge in [-0.05, 0) is 24.3 Å². The molecule has 1 N–H and O–H groups in total. The maximum Gasteiger partial charge on any atom is 0.290 e. The number of carbonyl (C=O) groups is 2. The Hall–Kier alpha value is -1.66. The SMILES string of the molecule is CC(C)C(=O)C1=C(O)C(=O)N(CC2CCCO2)C1c1cccs1. The van der Waals surface area contributed by atoms with Crippen molar-refractivity contribution in [1.82, 2.24) is 4.90 Å². The first-order valence-corrected chi connectivity index (χ1v) is 8.82. The van der Waals surface area contributed by atoms with E-state index in [-0.39, 0.29) is 23.4 Å². The zero-order chi connectivity index (χ0) is 16.6. The molecular formula is C17H21NO4S. The number of hydrogen-bond donors (Lipinski definition) is 1. The molecule has 2 aliphatic heterocycles. The third kappa shape index (κ3) is 2.93. The lowest BCUT2D eigenvalue weighted by atomic mass is 9.94. The summed E-state index contributed by atoms with van der Waals surface area (Å²) in [6, 6.07) is 3.29. The van der Waals surface area contributed by atoms with Crippen LogP contribution in [0.4, 0.5) is 0 Å². The van der Waals surface area contributed by atoms with Crippen LogP contribution < -0.4 is 0 Å². The Labute approximate surface area is 139 Å². The molecular weight excluding hydrogens is 314 g/mol. The number of nitrogens with zero attached hydrogens (tertiary/aromatic N) is 1. The number of thiophene rings is 1. The van der Waals surface area contributed by atoms with Crippen LogP contribution in [0.25, 0.3) is 0 Å². The van der Waals surface area contributed by atoms with Crippen molar-refractivity contribution in [3.05, 3.63) is 33.7 Å². The van der Waals surface area contributed by atoms with Crippen LogP contribution in [-0.4, -0.2) is 41.0 Å². The minimum absolute atomic E-state index is 0.0253. The van der Waals surface area contributed by atoms with E-state index in [1.807, 2.05) is 17.5 Å². The number of ketones is 1. The average Bonchev–Trinajstić information content (AvgIpc) is 3.24. The number of carbonyl (C=O) groups excluding carboxylic acids is 2. The Morgan fingerprint density at radius 3 is 2.87 bits per heavy atom. The molecule has 1 aromatic rings. The first kappa shape index (κ1) is 16.2. The summed E-state index contributed by atoms with van der Waals surface area (Å²) in [5.41, 5.74) is 0.227. The van der Waals surface area contributed by atoms with Crippen molar-refractivity contribution in [2.45, 2.75) is 38.8 Å². The van der Waals surface area contributed by atoms with Gasteiger partial charge in [0.2, 0.25) is 0 Å². The zero-order valence-corrected chi connectivity index (χ0v) is 14.1. The summed E-state index contributed by atoms with van der Waals surface area (Å²) in [5, 5.41) is 12.2. The van der Waals surface area contributed by atoms with Gasteiger partial charge in [-0.1, -0.05) is 19.9 Å². The normalized spacial score (nSPS) is 25.0. The van der Waals surface area contributed by atoms with Gasteiger partial charge in [-0.25, -0.2) is 0 Å². The molecule has 0 radical (unpaired) electrons. The van der Waals surface area contributed by atoms with E-state index in [0.29, 0.717) is 13.2 Å². The van der Waals surface area contributed by atoms with Crippen LogP contribution in [0.1, 0.15) is 37.6 Å². The van der Waals surface area contributed by atoms with Gasteiger partial charge in [0.15, 0.2) is 11.5 Å². The van der Waals surface area contributed by atoms with Gasteiger partial charge in [-0.2, -0.15) is 0 Å². The van der Waals surface area contributed by atoms with Gasteiger partial charge < -0.3 is 14.7 Å². The Kier molecular flexibility index (Phi) is 4.55. The maximum atomic E-state index is 12.6. The zero-order valence-electron chi connectivity index (χ0n) is 13.3. The van der Waals surface area contributed by atoms with Gasteiger partial charge in [0.25, 0.3) is 5.91 Å². The quantitative estimate of drug-likeness (QED) is 0.898. The molecule has 1 aromatic heterocycles. The summed E-state index contributed by atoms with van der Waals surface area (Å²) in [6.07, 6.45) is 1.85. The van der Waals surface area contributed by atoms with Crippen molar-refractivity contribution in [3.8, 4) is 0 Å². The predicted octanol–water partition coefficient (Wildman–Crippen LogP) is 2.85. The average molecular weight is 335 g/mol. The van der Waals surface area contributed by atoms with E-state index in [4.69, 9.17) is 4.74 Å². The van der Waals surface area contributed by atoms with Gasteiger partial charge in [0, 0.05) is 23.9 Å². The Balaban J connectivity index is 1.96. The smallest absolute Gasteiger partial charge is 0.290 e. The number of ether oxygens (including phenoxy) is 1. The summed E-state index contributed by atoms with van der Waals surface area (Å²) in [5.74, 6) is -1.32. The summed E-state index contributed by atoms with van der Waals surface area (Å²) < 4.78 is 5.63. The van der Waals surface area contributed by atoms with Crippen molar-refractivity contribution < 1.29 is 19.4 Å². The van der Waals surface area contributed by atoms with Crippen molar-refractivity contribution in [2.75, 3.05) is 13.2 Å². The van der Waals surface area contributed by atoms with Crippen LogP contribution in [0.2, 0.25) is 0 Å². The summed E-state index contributed by atoms with van der Waals surface area (Å²) in [7, 11) is 0. The van der Waals surface area contributed by atoms with Gasteiger partial charge in [-0.3, -0.25) is 9.59 Å².